The van der Waals surface area contributed by atoms with Gasteiger partial charge in [0.05, 0.1) is 6.04 Å². The smallest absolute Gasteiger partial charge is 0.320 e. The van der Waals surface area contributed by atoms with E-state index in [1.54, 1.807) is 0 Å². The highest BCUT2D eigenvalue weighted by Gasteiger charge is 2.36. The highest BCUT2D eigenvalue weighted by Crippen LogP contribution is 2.29. The van der Waals surface area contributed by atoms with Crippen molar-refractivity contribution in [1.29, 1.82) is 0 Å². The van der Waals surface area contributed by atoms with Crippen molar-refractivity contribution in [3.63, 3.8) is 0 Å². The highest BCUT2D eigenvalue weighted by atomic mass is 35.5. The first kappa shape index (κ1) is 24.8. The van der Waals surface area contributed by atoms with Gasteiger partial charge in [-0.1, -0.05) is 43.0 Å². The van der Waals surface area contributed by atoms with Gasteiger partial charge in [-0.25, -0.2) is 4.79 Å². The summed E-state index contributed by atoms with van der Waals surface area (Å²) in [5, 5.41) is 0.678. The van der Waals surface area contributed by atoms with Crippen LogP contribution >= 0.6 is 11.6 Å². The zero-order valence-electron chi connectivity index (χ0n) is 19.6. The maximum absolute atomic E-state index is 13.4. The number of piperidine rings is 1. The summed E-state index contributed by atoms with van der Waals surface area (Å²) in [6, 6.07) is 7.63. The van der Waals surface area contributed by atoms with E-state index in [1.807, 2.05) is 47.9 Å². The van der Waals surface area contributed by atoms with Gasteiger partial charge in [-0.05, 0) is 63.6 Å². The first-order valence-corrected chi connectivity index (χ1v) is 12.7. The number of carbonyl (C=O) groups is 2. The van der Waals surface area contributed by atoms with Crippen molar-refractivity contribution >= 4 is 23.5 Å². The van der Waals surface area contributed by atoms with Crippen molar-refractivity contribution in [2.75, 3.05) is 26.2 Å². The molecule has 6 nitrogen and oxygen atoms in total. The van der Waals surface area contributed by atoms with E-state index in [1.165, 1.54) is 19.3 Å². The monoisotopic (exact) mass is 462 g/mol. The van der Waals surface area contributed by atoms with Crippen LogP contribution in [0, 0.1) is 0 Å². The van der Waals surface area contributed by atoms with Gasteiger partial charge in [-0.15, -0.1) is 0 Å². The number of amides is 3. The number of rotatable bonds is 7. The molecular weight excluding hydrogens is 424 g/mol. The normalized spacial score (nSPS) is 18.9. The number of nitrogens with two attached hydrogens (primary N) is 1. The van der Waals surface area contributed by atoms with Crippen LogP contribution < -0.4 is 5.73 Å². The molecule has 7 heteroatoms. The second-order valence-electron chi connectivity index (χ2n) is 9.15. The zero-order chi connectivity index (χ0) is 23.1. The molecule has 0 unspecified atom stereocenters. The molecule has 1 aliphatic carbocycles. The summed E-state index contributed by atoms with van der Waals surface area (Å²) in [5.41, 5.74) is 7.27. The van der Waals surface area contributed by atoms with E-state index in [2.05, 4.69) is 4.90 Å². The van der Waals surface area contributed by atoms with Gasteiger partial charge in [0, 0.05) is 43.3 Å². The van der Waals surface area contributed by atoms with Crippen LogP contribution in [0.25, 0.3) is 0 Å². The van der Waals surface area contributed by atoms with E-state index in [0.717, 1.165) is 44.3 Å². The van der Waals surface area contributed by atoms with Crippen LogP contribution in [0.15, 0.2) is 24.3 Å². The molecule has 32 heavy (non-hydrogen) atoms. The van der Waals surface area contributed by atoms with Crippen LogP contribution in [-0.2, 0) is 11.2 Å². The average Bonchev–Trinajstić information content (AvgIpc) is 2.82. The van der Waals surface area contributed by atoms with Gasteiger partial charge in [-0.2, -0.15) is 0 Å². The third-order valence-corrected chi connectivity index (χ3v) is 7.33. The summed E-state index contributed by atoms with van der Waals surface area (Å²) in [7, 11) is 0. The minimum Gasteiger partial charge on any atom is -0.341 e. The van der Waals surface area contributed by atoms with E-state index in [-0.39, 0.29) is 18.0 Å². The molecule has 3 rings (SSSR count). The molecule has 3 amide bonds. The number of benzene rings is 1. The molecule has 1 aromatic carbocycles. The Morgan fingerprint density at radius 1 is 1.00 bits per heavy atom. The average molecular weight is 463 g/mol. The predicted molar refractivity (Wildman–Crippen MR) is 130 cm³/mol. The highest BCUT2D eigenvalue weighted by molar-refractivity contribution is 6.30. The Bertz CT molecular complexity index is 739. The summed E-state index contributed by atoms with van der Waals surface area (Å²) in [6.45, 7) is 6.87. The minimum atomic E-state index is -0.556. The summed E-state index contributed by atoms with van der Waals surface area (Å²) >= 11 is 5.95. The Kier molecular flexibility index (Phi) is 9.23. The van der Waals surface area contributed by atoms with Gasteiger partial charge in [0.15, 0.2) is 0 Å². The Morgan fingerprint density at radius 2 is 1.56 bits per heavy atom. The molecule has 1 saturated carbocycles. The van der Waals surface area contributed by atoms with Gasteiger partial charge in [0.2, 0.25) is 5.91 Å². The van der Waals surface area contributed by atoms with E-state index in [9.17, 15) is 9.59 Å². The van der Waals surface area contributed by atoms with Crippen molar-refractivity contribution < 1.29 is 9.59 Å². The van der Waals surface area contributed by atoms with Crippen molar-refractivity contribution in [2.45, 2.75) is 83.3 Å². The molecule has 178 valence electrons. The van der Waals surface area contributed by atoms with E-state index < -0.39 is 6.04 Å². The quantitative estimate of drug-likeness (QED) is 0.656. The molecule has 2 fully saturated rings. The lowest BCUT2D eigenvalue weighted by Crippen LogP contribution is -2.57. The largest absolute Gasteiger partial charge is 0.341 e. The molecule has 0 bridgehead atoms. The first-order valence-electron chi connectivity index (χ1n) is 12.3. The molecule has 1 aliphatic heterocycles. The SMILES string of the molecule is CCN(CC)C(=O)N(C1CCCCC1)C1CCN(C(=O)[C@H](N)Cc2ccc(Cl)cc2)CC1. The number of carbonyl (C=O) groups excluding carboxylic acids is 2. The molecule has 0 aromatic heterocycles. The van der Waals surface area contributed by atoms with E-state index in [0.29, 0.717) is 30.6 Å². The van der Waals surface area contributed by atoms with Crippen LogP contribution in [0.3, 0.4) is 0 Å². The Morgan fingerprint density at radius 3 is 2.12 bits per heavy atom. The summed E-state index contributed by atoms with van der Waals surface area (Å²) in [4.78, 5) is 32.4. The predicted octanol–water partition coefficient (Wildman–Crippen LogP) is 4.30. The summed E-state index contributed by atoms with van der Waals surface area (Å²) in [5.74, 6) is -0.00214. The van der Waals surface area contributed by atoms with Crippen molar-refractivity contribution in [3.05, 3.63) is 34.9 Å². The van der Waals surface area contributed by atoms with Gasteiger partial charge in [-0.3, -0.25) is 4.79 Å². The molecule has 0 spiro atoms. The van der Waals surface area contributed by atoms with Crippen molar-refractivity contribution in [3.8, 4) is 0 Å². The molecular formula is C25H39ClN4O2. The van der Waals surface area contributed by atoms with Crippen LogP contribution in [0.1, 0.15) is 64.4 Å². The fourth-order valence-electron chi connectivity index (χ4n) is 5.19. The Labute approximate surface area is 198 Å². The van der Waals surface area contributed by atoms with E-state index >= 15 is 0 Å². The maximum atomic E-state index is 13.4. The zero-order valence-corrected chi connectivity index (χ0v) is 20.4. The Hall–Kier alpha value is -1.79. The molecule has 1 saturated heterocycles. The van der Waals surface area contributed by atoms with Gasteiger partial charge < -0.3 is 20.4 Å². The lowest BCUT2D eigenvalue weighted by Gasteiger charge is -2.45. The third-order valence-electron chi connectivity index (χ3n) is 7.08. The van der Waals surface area contributed by atoms with Crippen LogP contribution in [0.5, 0.6) is 0 Å². The number of hydrogen-bond acceptors (Lipinski definition) is 3. The number of halogens is 1. The van der Waals surface area contributed by atoms with Crippen molar-refractivity contribution in [2.24, 2.45) is 5.73 Å². The minimum absolute atomic E-state index is 0.00214. The molecule has 1 heterocycles. The van der Waals surface area contributed by atoms with Gasteiger partial charge in [0.25, 0.3) is 0 Å². The molecule has 2 N–H and O–H groups in total. The third kappa shape index (κ3) is 6.16. The second kappa shape index (κ2) is 11.9. The number of likely N-dealkylation sites (tertiary alicyclic amines) is 1. The molecule has 1 atom stereocenters. The lowest BCUT2D eigenvalue weighted by molar-refractivity contribution is -0.134. The van der Waals surface area contributed by atoms with Crippen LogP contribution in [-0.4, -0.2) is 70.9 Å². The number of urea groups is 1. The number of nitrogens with zero attached hydrogens (tertiary/aromatic N) is 3. The molecule has 2 aliphatic rings. The fraction of sp³-hybridized carbons (Fsp3) is 0.680. The summed E-state index contributed by atoms with van der Waals surface area (Å²) in [6.07, 6.45) is 8.00. The number of hydrogen-bond donors (Lipinski definition) is 1. The van der Waals surface area contributed by atoms with Crippen LogP contribution in [0.2, 0.25) is 5.02 Å². The van der Waals surface area contributed by atoms with Crippen molar-refractivity contribution in [1.82, 2.24) is 14.7 Å². The lowest BCUT2D eigenvalue weighted by atomic mass is 9.91. The molecule has 1 aromatic rings. The standard InChI is InChI=1S/C25H39ClN4O2/c1-3-28(4-2)25(32)30(21-8-6-5-7-9-21)22-14-16-29(17-15-22)24(31)23(27)18-19-10-12-20(26)13-11-19/h10-13,21-23H,3-9,14-18,27H2,1-2H3/t23-/m1/s1. The second-order valence-corrected chi connectivity index (χ2v) is 9.58. The fourth-order valence-corrected chi connectivity index (χ4v) is 5.31. The van der Waals surface area contributed by atoms with Gasteiger partial charge in [0.1, 0.15) is 0 Å². The van der Waals surface area contributed by atoms with E-state index in [4.69, 9.17) is 17.3 Å². The first-order chi connectivity index (χ1) is 15.4. The topological polar surface area (TPSA) is 69.9 Å². The van der Waals surface area contributed by atoms with Gasteiger partial charge >= 0.3 is 6.03 Å². The summed E-state index contributed by atoms with van der Waals surface area (Å²) < 4.78 is 0. The van der Waals surface area contributed by atoms with Crippen LogP contribution in [0.4, 0.5) is 4.79 Å². The molecule has 0 radical (unpaired) electrons. The Balaban J connectivity index is 1.61. The maximum Gasteiger partial charge on any atom is 0.320 e.